The maximum Gasteiger partial charge on any atom is 0.233 e. The third kappa shape index (κ3) is 4.42. The molecule has 2 aliphatic rings. The quantitative estimate of drug-likeness (QED) is 0.552. The third-order valence-electron chi connectivity index (χ3n) is 5.48. The van der Waals surface area contributed by atoms with Gasteiger partial charge in [0, 0.05) is 44.5 Å². The minimum absolute atomic E-state index is 0.508. The lowest BCUT2D eigenvalue weighted by Gasteiger charge is -2.30. The molecule has 1 aromatic carbocycles. The summed E-state index contributed by atoms with van der Waals surface area (Å²) in [6.07, 6.45) is 0. The molecular formula is C20H25N9O2S. The summed E-state index contributed by atoms with van der Waals surface area (Å²) in [5.74, 6) is 2.61. The van der Waals surface area contributed by atoms with Crippen molar-refractivity contribution in [3.63, 3.8) is 0 Å². The fourth-order valence-electron chi connectivity index (χ4n) is 3.66. The standard InChI is InChI=1S/C20H25N9O2S/c1-27-16(25-26-20(27)32)14-2-4-15(5-3-14)21-17-22-18(28-6-10-30-11-7-28)24-19(23-17)29-8-12-31-13-9-29/h2-5H,6-13H2,1H3,(H,26,32)(H,21,22,23,24). The highest BCUT2D eigenvalue weighted by Crippen LogP contribution is 2.23. The van der Waals surface area contributed by atoms with Crippen LogP contribution >= 0.6 is 12.2 Å². The Balaban J connectivity index is 1.41. The molecule has 2 fully saturated rings. The monoisotopic (exact) mass is 455 g/mol. The Bertz CT molecular complexity index is 1080. The van der Waals surface area contributed by atoms with Crippen molar-refractivity contribution in [3.05, 3.63) is 29.0 Å². The van der Waals surface area contributed by atoms with Gasteiger partial charge in [-0.15, -0.1) is 0 Å². The number of hydrogen-bond acceptors (Lipinski definition) is 10. The molecule has 2 saturated heterocycles. The number of nitrogens with one attached hydrogen (secondary N) is 2. The molecule has 0 bridgehead atoms. The van der Waals surface area contributed by atoms with Crippen LogP contribution in [-0.2, 0) is 16.5 Å². The first-order chi connectivity index (χ1) is 15.7. The maximum atomic E-state index is 5.48. The summed E-state index contributed by atoms with van der Waals surface area (Å²) < 4.78 is 13.4. The SMILES string of the molecule is Cn1c(-c2ccc(Nc3nc(N4CCOCC4)nc(N4CCOCC4)n3)cc2)n[nH]c1=S. The van der Waals surface area contributed by atoms with E-state index in [0.717, 1.165) is 43.3 Å². The Hall–Kier alpha value is -3.09. The summed E-state index contributed by atoms with van der Waals surface area (Å²) in [5, 5.41) is 10.4. The molecule has 0 radical (unpaired) electrons. The molecule has 4 heterocycles. The lowest BCUT2D eigenvalue weighted by Crippen LogP contribution is -2.40. The van der Waals surface area contributed by atoms with Gasteiger partial charge in [-0.2, -0.15) is 20.1 Å². The van der Waals surface area contributed by atoms with Gasteiger partial charge in [0.1, 0.15) is 0 Å². The molecule has 0 aliphatic carbocycles. The van der Waals surface area contributed by atoms with Crippen LogP contribution < -0.4 is 15.1 Å². The van der Waals surface area contributed by atoms with Gasteiger partial charge in [0.05, 0.1) is 26.4 Å². The largest absolute Gasteiger partial charge is 0.378 e. The van der Waals surface area contributed by atoms with E-state index in [1.54, 1.807) is 0 Å². The second-order valence-electron chi connectivity index (χ2n) is 7.57. The van der Waals surface area contributed by atoms with Crippen LogP contribution in [0.5, 0.6) is 0 Å². The highest BCUT2D eigenvalue weighted by Gasteiger charge is 2.20. The van der Waals surface area contributed by atoms with Gasteiger partial charge in [-0.25, -0.2) is 0 Å². The summed E-state index contributed by atoms with van der Waals surface area (Å²) in [5.41, 5.74) is 1.83. The summed E-state index contributed by atoms with van der Waals surface area (Å²) in [4.78, 5) is 18.4. The second-order valence-corrected chi connectivity index (χ2v) is 7.96. The molecule has 0 atom stereocenters. The van der Waals surface area contributed by atoms with Crippen LogP contribution in [0, 0.1) is 4.77 Å². The number of nitrogens with zero attached hydrogens (tertiary/aromatic N) is 7. The predicted molar refractivity (Wildman–Crippen MR) is 123 cm³/mol. The predicted octanol–water partition coefficient (Wildman–Crippen LogP) is 1.75. The van der Waals surface area contributed by atoms with Crippen molar-refractivity contribution in [2.45, 2.75) is 0 Å². The first kappa shape index (κ1) is 20.8. The van der Waals surface area contributed by atoms with Crippen LogP contribution in [0.15, 0.2) is 24.3 Å². The summed E-state index contributed by atoms with van der Waals surface area (Å²) >= 11 is 5.21. The molecule has 12 heteroatoms. The number of morpholine rings is 2. The molecule has 3 aromatic rings. The van der Waals surface area contributed by atoms with Crippen molar-refractivity contribution in [1.29, 1.82) is 0 Å². The highest BCUT2D eigenvalue weighted by atomic mass is 32.1. The molecule has 0 saturated carbocycles. The molecule has 11 nitrogen and oxygen atoms in total. The van der Waals surface area contributed by atoms with E-state index in [2.05, 4.69) is 35.3 Å². The Labute approximate surface area is 190 Å². The first-order valence-electron chi connectivity index (χ1n) is 10.6. The summed E-state index contributed by atoms with van der Waals surface area (Å²) in [7, 11) is 1.89. The Kier molecular flexibility index (Phi) is 5.97. The van der Waals surface area contributed by atoms with Crippen molar-refractivity contribution >= 4 is 35.8 Å². The highest BCUT2D eigenvalue weighted by molar-refractivity contribution is 7.71. The maximum absolute atomic E-state index is 5.48. The van der Waals surface area contributed by atoms with Gasteiger partial charge in [0.25, 0.3) is 0 Å². The van der Waals surface area contributed by atoms with Crippen LogP contribution in [0.3, 0.4) is 0 Å². The summed E-state index contributed by atoms with van der Waals surface area (Å²) in [6, 6.07) is 7.92. The molecule has 2 aromatic heterocycles. The molecule has 168 valence electrons. The van der Waals surface area contributed by atoms with Crippen LogP contribution in [0.4, 0.5) is 23.5 Å². The van der Waals surface area contributed by atoms with E-state index < -0.39 is 0 Å². The minimum atomic E-state index is 0.508. The van der Waals surface area contributed by atoms with Gasteiger partial charge in [-0.05, 0) is 36.5 Å². The van der Waals surface area contributed by atoms with Gasteiger partial charge >= 0.3 is 0 Å². The number of H-pyrrole nitrogens is 1. The van der Waals surface area contributed by atoms with Gasteiger partial charge < -0.3 is 29.2 Å². The number of anilines is 4. The number of rotatable bonds is 5. The molecule has 0 unspecified atom stereocenters. The van der Waals surface area contributed by atoms with Gasteiger partial charge in [0.15, 0.2) is 10.6 Å². The van der Waals surface area contributed by atoms with Crippen LogP contribution in [0.1, 0.15) is 0 Å². The average molecular weight is 456 g/mol. The van der Waals surface area contributed by atoms with E-state index in [-0.39, 0.29) is 0 Å². The van der Waals surface area contributed by atoms with Crippen LogP contribution in [0.25, 0.3) is 11.4 Å². The fourth-order valence-corrected chi connectivity index (χ4v) is 3.79. The zero-order chi connectivity index (χ0) is 21.9. The van der Waals surface area contributed by atoms with Crippen LogP contribution in [-0.4, -0.2) is 82.3 Å². The molecule has 32 heavy (non-hydrogen) atoms. The van der Waals surface area contributed by atoms with Gasteiger partial charge in [0.2, 0.25) is 17.8 Å². The van der Waals surface area contributed by atoms with Crippen molar-refractivity contribution in [2.24, 2.45) is 7.05 Å². The molecular weight excluding hydrogens is 430 g/mol. The smallest absolute Gasteiger partial charge is 0.233 e. The fraction of sp³-hybridized carbons (Fsp3) is 0.450. The van der Waals surface area contributed by atoms with E-state index in [1.807, 2.05) is 35.9 Å². The van der Waals surface area contributed by atoms with Gasteiger partial charge in [-0.1, -0.05) is 0 Å². The second kappa shape index (κ2) is 9.18. The number of benzene rings is 1. The third-order valence-corrected chi connectivity index (χ3v) is 5.84. The zero-order valence-electron chi connectivity index (χ0n) is 17.8. The Morgan fingerprint density at radius 2 is 1.44 bits per heavy atom. The number of hydrogen-bond donors (Lipinski definition) is 2. The topological polar surface area (TPSA) is 109 Å². The minimum Gasteiger partial charge on any atom is -0.378 e. The zero-order valence-corrected chi connectivity index (χ0v) is 18.6. The molecule has 5 rings (SSSR count). The molecule has 2 N–H and O–H groups in total. The van der Waals surface area contributed by atoms with Crippen molar-refractivity contribution < 1.29 is 9.47 Å². The van der Waals surface area contributed by atoms with Gasteiger partial charge in [-0.3, -0.25) is 5.10 Å². The number of aromatic amines is 1. The summed E-state index contributed by atoms with van der Waals surface area (Å²) in [6.45, 7) is 5.69. The Morgan fingerprint density at radius 1 is 0.875 bits per heavy atom. The first-order valence-corrected chi connectivity index (χ1v) is 11.0. The van der Waals surface area contributed by atoms with Crippen molar-refractivity contribution in [2.75, 3.05) is 67.7 Å². The van der Waals surface area contributed by atoms with Crippen LogP contribution in [0.2, 0.25) is 0 Å². The molecule has 2 aliphatic heterocycles. The number of ether oxygens (including phenoxy) is 2. The Morgan fingerprint density at radius 3 is 1.94 bits per heavy atom. The lowest BCUT2D eigenvalue weighted by atomic mass is 10.2. The van der Waals surface area contributed by atoms with Crippen molar-refractivity contribution in [3.8, 4) is 11.4 Å². The average Bonchev–Trinajstić information content (AvgIpc) is 3.18. The van der Waals surface area contributed by atoms with E-state index >= 15 is 0 Å². The lowest BCUT2D eigenvalue weighted by molar-refractivity contribution is 0.121. The molecule has 0 spiro atoms. The molecule has 0 amide bonds. The van der Waals surface area contributed by atoms with E-state index in [4.69, 9.17) is 26.7 Å². The van der Waals surface area contributed by atoms with E-state index in [0.29, 0.717) is 49.0 Å². The number of aromatic nitrogens is 6. The normalized spacial score (nSPS) is 16.9. The van der Waals surface area contributed by atoms with E-state index in [1.165, 1.54) is 0 Å². The van der Waals surface area contributed by atoms with E-state index in [9.17, 15) is 0 Å². The van der Waals surface area contributed by atoms with Crippen molar-refractivity contribution in [1.82, 2.24) is 29.7 Å².